The molecule has 0 radical (unpaired) electrons. The highest BCUT2D eigenvalue weighted by Gasteiger charge is 2.21. The van der Waals surface area contributed by atoms with Gasteiger partial charge in [-0.05, 0) is 13.3 Å². The van der Waals surface area contributed by atoms with E-state index in [1.165, 1.54) is 0 Å². The molecule has 1 heterocycles. The van der Waals surface area contributed by atoms with Gasteiger partial charge in [-0.3, -0.25) is 0 Å². The zero-order valence-electron chi connectivity index (χ0n) is 12.9. The summed E-state index contributed by atoms with van der Waals surface area (Å²) in [5, 5.41) is 3.27. The summed E-state index contributed by atoms with van der Waals surface area (Å²) < 4.78 is 5.74. The van der Waals surface area contributed by atoms with Crippen LogP contribution in [0.2, 0.25) is 0 Å². The van der Waals surface area contributed by atoms with Crippen LogP contribution in [0.3, 0.4) is 0 Å². The molecule has 110 valence electrons. The Morgan fingerprint density at radius 2 is 2.05 bits per heavy atom. The van der Waals surface area contributed by atoms with E-state index in [1.807, 2.05) is 6.92 Å². The van der Waals surface area contributed by atoms with E-state index in [-0.39, 0.29) is 17.6 Å². The molecular weight excluding hydrogens is 256 g/mol. The van der Waals surface area contributed by atoms with E-state index < -0.39 is 0 Å². The zero-order valence-corrected chi connectivity index (χ0v) is 13.7. The summed E-state index contributed by atoms with van der Waals surface area (Å²) in [4.78, 5) is 4.71. The highest BCUT2D eigenvalue weighted by molar-refractivity contribution is 7.09. The van der Waals surface area contributed by atoms with Gasteiger partial charge in [-0.15, -0.1) is 11.3 Å². The van der Waals surface area contributed by atoms with Crippen LogP contribution < -0.4 is 5.73 Å². The van der Waals surface area contributed by atoms with Crippen LogP contribution in [0.15, 0.2) is 5.38 Å². The fourth-order valence-corrected chi connectivity index (χ4v) is 3.10. The predicted octanol–water partition coefficient (Wildman–Crippen LogP) is 3.52. The number of nitrogens with two attached hydrogens (primary N) is 1. The minimum absolute atomic E-state index is 0.0406. The molecule has 0 saturated heterocycles. The lowest BCUT2D eigenvalue weighted by Gasteiger charge is -2.22. The van der Waals surface area contributed by atoms with Crippen LogP contribution in [0.5, 0.6) is 0 Å². The zero-order chi connectivity index (χ0) is 14.5. The van der Waals surface area contributed by atoms with E-state index in [0.717, 1.165) is 36.6 Å². The van der Waals surface area contributed by atoms with Crippen molar-refractivity contribution in [1.29, 1.82) is 0 Å². The van der Waals surface area contributed by atoms with Gasteiger partial charge < -0.3 is 10.5 Å². The van der Waals surface area contributed by atoms with Crippen molar-refractivity contribution < 1.29 is 4.74 Å². The molecule has 0 aromatic carbocycles. The minimum atomic E-state index is 0.0406. The van der Waals surface area contributed by atoms with Crippen molar-refractivity contribution in [2.45, 2.75) is 71.4 Å². The molecule has 1 aromatic rings. The van der Waals surface area contributed by atoms with Gasteiger partial charge in [0.05, 0.1) is 16.8 Å². The van der Waals surface area contributed by atoms with Crippen molar-refractivity contribution in [3.05, 3.63) is 16.1 Å². The Morgan fingerprint density at radius 3 is 2.53 bits per heavy atom. The third-order valence-electron chi connectivity index (χ3n) is 3.16. The first kappa shape index (κ1) is 16.6. The molecule has 0 aliphatic heterocycles. The molecule has 0 aliphatic carbocycles. The molecule has 0 bridgehead atoms. The normalized spacial score (nSPS) is 15.5. The summed E-state index contributed by atoms with van der Waals surface area (Å²) in [6, 6.07) is 0.0406. The van der Waals surface area contributed by atoms with Gasteiger partial charge in [0.15, 0.2) is 0 Å². The first-order valence-electron chi connectivity index (χ1n) is 7.20. The summed E-state index contributed by atoms with van der Waals surface area (Å²) in [6.45, 7) is 11.5. The van der Waals surface area contributed by atoms with Crippen LogP contribution in [0.4, 0.5) is 0 Å². The van der Waals surface area contributed by atoms with Gasteiger partial charge in [-0.25, -0.2) is 4.98 Å². The van der Waals surface area contributed by atoms with Gasteiger partial charge >= 0.3 is 0 Å². The van der Waals surface area contributed by atoms with E-state index in [4.69, 9.17) is 15.5 Å². The second-order valence-electron chi connectivity index (χ2n) is 6.03. The van der Waals surface area contributed by atoms with Gasteiger partial charge in [0.25, 0.3) is 0 Å². The molecule has 3 nitrogen and oxygen atoms in total. The third kappa shape index (κ3) is 5.21. The van der Waals surface area contributed by atoms with Crippen molar-refractivity contribution in [3.8, 4) is 0 Å². The highest BCUT2D eigenvalue weighted by Crippen LogP contribution is 2.24. The first-order chi connectivity index (χ1) is 8.88. The van der Waals surface area contributed by atoms with E-state index >= 15 is 0 Å². The smallest absolute Gasteiger partial charge is 0.0944 e. The van der Waals surface area contributed by atoms with Gasteiger partial charge in [0, 0.05) is 29.9 Å². The minimum Gasteiger partial charge on any atom is -0.377 e. The quantitative estimate of drug-likeness (QED) is 0.833. The summed E-state index contributed by atoms with van der Waals surface area (Å²) in [6.07, 6.45) is 3.08. The van der Waals surface area contributed by atoms with Crippen molar-refractivity contribution in [2.24, 2.45) is 5.73 Å². The van der Waals surface area contributed by atoms with Crippen LogP contribution in [0, 0.1) is 0 Å². The number of ether oxygens (including phenoxy) is 1. The molecule has 0 amide bonds. The Morgan fingerprint density at radius 1 is 1.37 bits per heavy atom. The van der Waals surface area contributed by atoms with Gasteiger partial charge in [-0.1, -0.05) is 34.1 Å². The molecule has 0 saturated carbocycles. The van der Waals surface area contributed by atoms with Crippen LogP contribution in [0.1, 0.15) is 58.2 Å². The summed E-state index contributed by atoms with van der Waals surface area (Å²) in [5.74, 6) is 0. The van der Waals surface area contributed by atoms with Crippen LogP contribution >= 0.6 is 11.3 Å². The molecule has 19 heavy (non-hydrogen) atoms. The Balaban J connectivity index is 2.64. The van der Waals surface area contributed by atoms with Crippen molar-refractivity contribution in [2.75, 3.05) is 6.61 Å². The monoisotopic (exact) mass is 284 g/mol. The molecule has 1 aromatic heterocycles. The lowest BCUT2D eigenvalue weighted by molar-refractivity contribution is 0.0378. The molecule has 1 rings (SSSR count). The lowest BCUT2D eigenvalue weighted by atomic mass is 9.93. The Kier molecular flexibility index (Phi) is 6.43. The maximum atomic E-state index is 6.28. The fourth-order valence-electron chi connectivity index (χ4n) is 2.00. The van der Waals surface area contributed by atoms with E-state index in [0.29, 0.717) is 0 Å². The molecule has 2 atom stereocenters. The van der Waals surface area contributed by atoms with Crippen molar-refractivity contribution in [1.82, 2.24) is 4.98 Å². The third-order valence-corrected chi connectivity index (χ3v) is 4.03. The SMILES string of the molecule is CCCC(OCC)C(N)Cc1nc(C(C)(C)C)cs1. The molecule has 0 fully saturated rings. The second-order valence-corrected chi connectivity index (χ2v) is 6.97. The number of aromatic nitrogens is 1. The summed E-state index contributed by atoms with van der Waals surface area (Å²) in [7, 11) is 0. The Hall–Kier alpha value is -0.450. The second kappa shape index (κ2) is 7.36. The number of hydrogen-bond acceptors (Lipinski definition) is 4. The number of rotatable bonds is 7. The average Bonchev–Trinajstić information content (AvgIpc) is 2.77. The van der Waals surface area contributed by atoms with Crippen LogP contribution in [-0.2, 0) is 16.6 Å². The highest BCUT2D eigenvalue weighted by atomic mass is 32.1. The number of hydrogen-bond donors (Lipinski definition) is 1. The van der Waals surface area contributed by atoms with Gasteiger partial charge in [-0.2, -0.15) is 0 Å². The van der Waals surface area contributed by atoms with Crippen molar-refractivity contribution in [3.63, 3.8) is 0 Å². The topological polar surface area (TPSA) is 48.1 Å². The maximum absolute atomic E-state index is 6.28. The van der Waals surface area contributed by atoms with E-state index in [2.05, 4.69) is 33.1 Å². The summed E-state index contributed by atoms with van der Waals surface area (Å²) >= 11 is 1.71. The first-order valence-corrected chi connectivity index (χ1v) is 8.08. The van der Waals surface area contributed by atoms with E-state index in [9.17, 15) is 0 Å². The number of nitrogens with zero attached hydrogens (tertiary/aromatic N) is 1. The Labute approximate surface area is 121 Å². The molecule has 0 spiro atoms. The standard InChI is InChI=1S/C15H28N2OS/c1-6-8-12(18-7-2)11(16)9-14-17-13(10-19-14)15(3,4)5/h10-12H,6-9,16H2,1-5H3. The fraction of sp³-hybridized carbons (Fsp3) is 0.800. The van der Waals surface area contributed by atoms with Crippen LogP contribution in [-0.4, -0.2) is 23.7 Å². The molecule has 4 heteroatoms. The van der Waals surface area contributed by atoms with Gasteiger partial charge in [0.1, 0.15) is 0 Å². The van der Waals surface area contributed by atoms with Crippen LogP contribution in [0.25, 0.3) is 0 Å². The molecular formula is C15H28N2OS. The molecule has 2 N–H and O–H groups in total. The molecule has 2 unspecified atom stereocenters. The Bertz CT molecular complexity index is 364. The average molecular weight is 284 g/mol. The van der Waals surface area contributed by atoms with Crippen molar-refractivity contribution >= 4 is 11.3 Å². The maximum Gasteiger partial charge on any atom is 0.0944 e. The number of thiazole rings is 1. The van der Waals surface area contributed by atoms with E-state index in [1.54, 1.807) is 11.3 Å². The lowest BCUT2D eigenvalue weighted by Crippen LogP contribution is -2.38. The molecule has 0 aliphatic rings. The predicted molar refractivity (Wildman–Crippen MR) is 82.8 cm³/mol. The largest absolute Gasteiger partial charge is 0.377 e. The van der Waals surface area contributed by atoms with Gasteiger partial charge in [0.2, 0.25) is 0 Å². The summed E-state index contributed by atoms with van der Waals surface area (Å²) in [5.41, 5.74) is 7.55.